The number of hydrogen-bond acceptors (Lipinski definition) is 4. The summed E-state index contributed by atoms with van der Waals surface area (Å²) in [7, 11) is 0. The van der Waals surface area contributed by atoms with Crippen molar-refractivity contribution in [2.24, 2.45) is 0 Å². The minimum Gasteiger partial charge on any atom is -0.414 e. The molecule has 4 nitrogen and oxygen atoms in total. The molecular formula is C9H3Cl3O4. The van der Waals surface area contributed by atoms with Gasteiger partial charge >= 0.3 is 5.43 Å². The molecule has 0 aliphatic heterocycles. The Morgan fingerprint density at radius 3 is 1.94 bits per heavy atom. The second kappa shape index (κ2) is 5.30. The first-order valence-corrected chi connectivity index (χ1v) is 4.96. The number of hydrogen-bond donors (Lipinski definition) is 0. The monoisotopic (exact) mass is 280 g/mol. The highest BCUT2D eigenvalue weighted by atomic mass is 35.5. The Bertz CT molecular complexity index is 470. The van der Waals surface area contributed by atoms with E-state index in [1.165, 1.54) is 12.1 Å². The van der Waals surface area contributed by atoms with Crippen LogP contribution in [-0.2, 0) is 0 Å². The molecule has 1 aromatic rings. The lowest BCUT2D eigenvalue weighted by Gasteiger charge is -2.04. The van der Waals surface area contributed by atoms with Crippen LogP contribution in [0.15, 0.2) is 18.2 Å². The SMILES string of the molecule is O=C(Cl)Oc1ccc(C(=O)Cl)c(C(=O)Cl)c1. The third-order valence-corrected chi connectivity index (χ3v) is 2.10. The fourth-order valence-electron chi connectivity index (χ4n) is 1.01. The first-order chi connectivity index (χ1) is 7.41. The molecule has 0 unspecified atom stereocenters. The number of carbonyl (C=O) groups is 3. The molecule has 84 valence electrons. The van der Waals surface area contributed by atoms with Gasteiger partial charge in [0.15, 0.2) is 0 Å². The number of halogens is 3. The van der Waals surface area contributed by atoms with Crippen LogP contribution >= 0.6 is 34.8 Å². The van der Waals surface area contributed by atoms with Crippen molar-refractivity contribution in [1.82, 2.24) is 0 Å². The lowest BCUT2D eigenvalue weighted by molar-refractivity contribution is 0.105. The Balaban J connectivity index is 3.22. The number of rotatable bonds is 3. The van der Waals surface area contributed by atoms with Gasteiger partial charge in [0.25, 0.3) is 10.5 Å². The largest absolute Gasteiger partial charge is 0.414 e. The zero-order valence-electron chi connectivity index (χ0n) is 7.50. The number of benzene rings is 1. The molecule has 0 atom stereocenters. The number of carbonyl (C=O) groups excluding carboxylic acids is 3. The second-order valence-corrected chi connectivity index (χ2v) is 3.59. The predicted octanol–water partition coefficient (Wildman–Crippen LogP) is 3.18. The predicted molar refractivity (Wildman–Crippen MR) is 58.7 cm³/mol. The third kappa shape index (κ3) is 3.20. The third-order valence-electron chi connectivity index (χ3n) is 1.61. The van der Waals surface area contributed by atoms with Crippen molar-refractivity contribution in [3.63, 3.8) is 0 Å². The van der Waals surface area contributed by atoms with Gasteiger partial charge in [0.2, 0.25) is 0 Å². The quantitative estimate of drug-likeness (QED) is 0.798. The zero-order chi connectivity index (χ0) is 12.3. The van der Waals surface area contributed by atoms with E-state index >= 15 is 0 Å². The van der Waals surface area contributed by atoms with E-state index in [-0.39, 0.29) is 16.9 Å². The fraction of sp³-hybridized carbons (Fsp3) is 0. The molecule has 0 radical (unpaired) electrons. The summed E-state index contributed by atoms with van der Waals surface area (Å²) < 4.78 is 4.50. The van der Waals surface area contributed by atoms with Crippen LogP contribution in [0.25, 0.3) is 0 Å². The van der Waals surface area contributed by atoms with E-state index < -0.39 is 15.9 Å². The standard InChI is InChI=1S/C9H3Cl3O4/c10-7(13)5-2-1-4(16-9(12)15)3-6(5)8(11)14/h1-3H. The summed E-state index contributed by atoms with van der Waals surface area (Å²) in [6.45, 7) is 0. The molecule has 0 saturated carbocycles. The molecule has 0 bridgehead atoms. The van der Waals surface area contributed by atoms with E-state index in [1.807, 2.05) is 0 Å². The molecule has 0 N–H and O–H groups in total. The van der Waals surface area contributed by atoms with Gasteiger partial charge in [-0.25, -0.2) is 4.79 Å². The van der Waals surface area contributed by atoms with Gasteiger partial charge in [-0.15, -0.1) is 0 Å². The van der Waals surface area contributed by atoms with Crippen molar-refractivity contribution < 1.29 is 19.1 Å². The first kappa shape index (κ1) is 13.0. The van der Waals surface area contributed by atoms with Crippen molar-refractivity contribution in [3.8, 4) is 5.75 Å². The van der Waals surface area contributed by atoms with E-state index in [1.54, 1.807) is 0 Å². The maximum Gasteiger partial charge on any atom is 0.409 e. The van der Waals surface area contributed by atoms with E-state index in [9.17, 15) is 14.4 Å². The van der Waals surface area contributed by atoms with E-state index in [4.69, 9.17) is 34.8 Å². The molecule has 0 aliphatic carbocycles. The molecule has 0 heterocycles. The maximum atomic E-state index is 11.0. The molecule has 0 amide bonds. The summed E-state index contributed by atoms with van der Waals surface area (Å²) in [6.07, 6.45) is 0. The summed E-state index contributed by atoms with van der Waals surface area (Å²) in [4.78, 5) is 32.4. The second-order valence-electron chi connectivity index (χ2n) is 2.59. The average molecular weight is 281 g/mol. The highest BCUT2D eigenvalue weighted by Gasteiger charge is 2.16. The summed E-state index contributed by atoms with van der Waals surface area (Å²) >= 11 is 15.4. The van der Waals surface area contributed by atoms with Crippen LogP contribution < -0.4 is 4.74 Å². The van der Waals surface area contributed by atoms with Crippen LogP contribution in [-0.4, -0.2) is 15.9 Å². The molecule has 16 heavy (non-hydrogen) atoms. The molecule has 0 fully saturated rings. The van der Waals surface area contributed by atoms with Gasteiger partial charge in [0, 0.05) is 22.7 Å². The van der Waals surface area contributed by atoms with Crippen LogP contribution in [0.5, 0.6) is 5.75 Å². The van der Waals surface area contributed by atoms with Gasteiger partial charge in [-0.2, -0.15) is 0 Å². The minimum atomic E-state index is -1.07. The van der Waals surface area contributed by atoms with Crippen molar-refractivity contribution in [1.29, 1.82) is 0 Å². The van der Waals surface area contributed by atoms with Crippen LogP contribution in [0.3, 0.4) is 0 Å². The normalized spacial score (nSPS) is 9.69. The number of ether oxygens (including phenoxy) is 1. The van der Waals surface area contributed by atoms with Gasteiger partial charge in [-0.3, -0.25) is 9.59 Å². The van der Waals surface area contributed by atoms with Crippen molar-refractivity contribution in [3.05, 3.63) is 29.3 Å². The molecule has 0 aromatic heterocycles. The Hall–Kier alpha value is -1.10. The maximum absolute atomic E-state index is 11.0. The smallest absolute Gasteiger partial charge is 0.409 e. The van der Waals surface area contributed by atoms with Crippen LogP contribution in [0.2, 0.25) is 0 Å². The van der Waals surface area contributed by atoms with Crippen molar-refractivity contribution >= 4 is 50.7 Å². The van der Waals surface area contributed by atoms with Crippen molar-refractivity contribution in [2.45, 2.75) is 0 Å². The minimum absolute atomic E-state index is 0.00864. The van der Waals surface area contributed by atoms with Crippen LogP contribution in [0, 0.1) is 0 Å². The molecular weight excluding hydrogens is 278 g/mol. The van der Waals surface area contributed by atoms with Gasteiger partial charge in [-0.05, 0) is 41.4 Å². The highest BCUT2D eigenvalue weighted by Crippen LogP contribution is 2.21. The fourth-order valence-corrected chi connectivity index (χ4v) is 1.42. The summed E-state index contributed by atoms with van der Waals surface area (Å²) in [6, 6.07) is 3.57. The summed E-state index contributed by atoms with van der Waals surface area (Å²) in [5.74, 6) is -0.00864. The Morgan fingerprint density at radius 2 is 1.50 bits per heavy atom. The van der Waals surface area contributed by atoms with Gasteiger partial charge in [0.05, 0.1) is 0 Å². The molecule has 0 saturated heterocycles. The van der Waals surface area contributed by atoms with Gasteiger partial charge in [0.1, 0.15) is 5.75 Å². The zero-order valence-corrected chi connectivity index (χ0v) is 9.77. The van der Waals surface area contributed by atoms with Crippen LogP contribution in [0.1, 0.15) is 20.7 Å². The molecule has 1 aromatic carbocycles. The molecule has 0 aliphatic rings. The Kier molecular flexibility index (Phi) is 4.29. The van der Waals surface area contributed by atoms with E-state index in [0.717, 1.165) is 6.07 Å². The molecule has 1 rings (SSSR count). The lowest BCUT2D eigenvalue weighted by atomic mass is 10.1. The Morgan fingerprint density at radius 1 is 0.938 bits per heavy atom. The molecule has 0 spiro atoms. The topological polar surface area (TPSA) is 60.4 Å². The first-order valence-electron chi connectivity index (χ1n) is 3.83. The molecule has 7 heteroatoms. The highest BCUT2D eigenvalue weighted by molar-refractivity contribution is 6.72. The summed E-state index contributed by atoms with van der Waals surface area (Å²) in [5.41, 5.74) is -1.30. The van der Waals surface area contributed by atoms with Gasteiger partial charge < -0.3 is 4.74 Å². The van der Waals surface area contributed by atoms with Gasteiger partial charge in [-0.1, -0.05) is 0 Å². The van der Waals surface area contributed by atoms with Crippen molar-refractivity contribution in [2.75, 3.05) is 0 Å². The van der Waals surface area contributed by atoms with E-state index in [0.29, 0.717) is 0 Å². The lowest BCUT2D eigenvalue weighted by Crippen LogP contribution is -2.03. The Labute approximate surface area is 105 Å². The van der Waals surface area contributed by atoms with Crippen LogP contribution in [0.4, 0.5) is 4.79 Å². The average Bonchev–Trinajstić information content (AvgIpc) is 2.16. The van der Waals surface area contributed by atoms with E-state index in [2.05, 4.69) is 4.74 Å². The summed E-state index contributed by atoms with van der Waals surface area (Å²) in [5, 5.41) is -1.73.